The fourth-order valence-electron chi connectivity index (χ4n) is 1.85. The van der Waals surface area contributed by atoms with E-state index in [0.717, 1.165) is 0 Å². The zero-order valence-electron chi connectivity index (χ0n) is 11.3. The predicted molar refractivity (Wildman–Crippen MR) is 69.2 cm³/mol. The maximum atomic E-state index is 11.4. The van der Waals surface area contributed by atoms with Crippen LogP contribution in [-0.4, -0.2) is 35.0 Å². The summed E-state index contributed by atoms with van der Waals surface area (Å²) in [5.41, 5.74) is 1.70. The molecule has 6 heteroatoms. The van der Waals surface area contributed by atoms with Crippen molar-refractivity contribution in [1.29, 1.82) is 0 Å². The Morgan fingerprint density at radius 3 is 2.53 bits per heavy atom. The van der Waals surface area contributed by atoms with Crippen LogP contribution in [0.3, 0.4) is 0 Å². The molecule has 2 rings (SSSR count). The molecule has 0 saturated carbocycles. The Morgan fingerprint density at radius 1 is 1.26 bits per heavy atom. The molecule has 1 heterocycles. The molecule has 0 spiro atoms. The smallest absolute Gasteiger partial charge is 0.181 e. The fraction of sp³-hybridized carbons (Fsp3) is 0.308. The monoisotopic (exact) mass is 261 g/mol. The number of carbonyl (C=O) groups excluding carboxylic acids is 1. The summed E-state index contributed by atoms with van der Waals surface area (Å²) in [6.45, 7) is 3.25. The summed E-state index contributed by atoms with van der Waals surface area (Å²) in [5, 5.41) is 7.89. The Morgan fingerprint density at radius 2 is 2.00 bits per heavy atom. The number of benzene rings is 1. The zero-order chi connectivity index (χ0) is 14.0. The van der Waals surface area contributed by atoms with Gasteiger partial charge in [-0.25, -0.2) is 4.68 Å². The van der Waals surface area contributed by atoms with Crippen molar-refractivity contribution in [2.45, 2.75) is 13.8 Å². The number of methoxy groups -OCH3 is 2. The third-order valence-electron chi connectivity index (χ3n) is 2.84. The van der Waals surface area contributed by atoms with Crippen molar-refractivity contribution < 1.29 is 14.3 Å². The minimum atomic E-state index is -0.120. The summed E-state index contributed by atoms with van der Waals surface area (Å²) in [6.07, 6.45) is 0. The van der Waals surface area contributed by atoms with E-state index in [-0.39, 0.29) is 5.78 Å². The van der Waals surface area contributed by atoms with E-state index in [1.54, 1.807) is 44.0 Å². The number of Topliss-reactive ketones (excluding diaryl/α,β-unsaturated/α-hetero) is 1. The third kappa shape index (κ3) is 2.29. The van der Waals surface area contributed by atoms with E-state index in [9.17, 15) is 4.79 Å². The molecule has 1 aromatic heterocycles. The van der Waals surface area contributed by atoms with Crippen LogP contribution in [0, 0.1) is 6.92 Å². The summed E-state index contributed by atoms with van der Waals surface area (Å²) < 4.78 is 12.0. The van der Waals surface area contributed by atoms with Crippen LogP contribution >= 0.6 is 0 Å². The minimum absolute atomic E-state index is 0.120. The van der Waals surface area contributed by atoms with Gasteiger partial charge in [-0.1, -0.05) is 5.21 Å². The van der Waals surface area contributed by atoms with Crippen LogP contribution in [0.2, 0.25) is 0 Å². The van der Waals surface area contributed by atoms with E-state index in [1.807, 2.05) is 0 Å². The van der Waals surface area contributed by atoms with Gasteiger partial charge in [0.15, 0.2) is 11.5 Å². The van der Waals surface area contributed by atoms with Crippen molar-refractivity contribution in [3.8, 4) is 17.2 Å². The molecule has 0 aliphatic heterocycles. The molecule has 0 aliphatic carbocycles. The van der Waals surface area contributed by atoms with Gasteiger partial charge in [-0.05, 0) is 19.1 Å². The Bertz CT molecular complexity index is 620. The Kier molecular flexibility index (Phi) is 3.50. The number of aromatic nitrogens is 3. The number of ether oxygens (including phenoxy) is 2. The van der Waals surface area contributed by atoms with Crippen molar-refractivity contribution in [3.05, 3.63) is 29.6 Å². The van der Waals surface area contributed by atoms with E-state index >= 15 is 0 Å². The van der Waals surface area contributed by atoms with Gasteiger partial charge in [-0.2, -0.15) is 0 Å². The second kappa shape index (κ2) is 5.09. The maximum Gasteiger partial charge on any atom is 0.181 e. The molecular weight excluding hydrogens is 246 g/mol. The average molecular weight is 261 g/mol. The summed E-state index contributed by atoms with van der Waals surface area (Å²) in [4.78, 5) is 11.4. The number of nitrogens with zero attached hydrogens (tertiary/aromatic N) is 3. The Hall–Kier alpha value is -2.37. The molecule has 100 valence electrons. The third-order valence-corrected chi connectivity index (χ3v) is 2.84. The highest BCUT2D eigenvalue weighted by atomic mass is 16.5. The van der Waals surface area contributed by atoms with Gasteiger partial charge in [0.25, 0.3) is 0 Å². The van der Waals surface area contributed by atoms with E-state index in [4.69, 9.17) is 9.47 Å². The first-order chi connectivity index (χ1) is 9.08. The summed E-state index contributed by atoms with van der Waals surface area (Å²) >= 11 is 0. The average Bonchev–Trinajstić information content (AvgIpc) is 2.79. The fourth-order valence-corrected chi connectivity index (χ4v) is 1.85. The molecule has 0 N–H and O–H groups in total. The van der Waals surface area contributed by atoms with Crippen molar-refractivity contribution in [3.63, 3.8) is 0 Å². The van der Waals surface area contributed by atoms with Crippen molar-refractivity contribution in [2.24, 2.45) is 0 Å². The second-order valence-corrected chi connectivity index (χ2v) is 4.03. The Labute approximate surface area is 110 Å². The molecule has 0 unspecified atom stereocenters. The lowest BCUT2D eigenvalue weighted by Crippen LogP contribution is -2.04. The lowest BCUT2D eigenvalue weighted by atomic mass is 10.2. The molecule has 1 aromatic carbocycles. The van der Waals surface area contributed by atoms with Crippen LogP contribution in [0.1, 0.15) is 23.1 Å². The molecule has 0 aliphatic rings. The van der Waals surface area contributed by atoms with Gasteiger partial charge in [0.05, 0.1) is 19.9 Å². The first-order valence-corrected chi connectivity index (χ1v) is 5.74. The molecule has 19 heavy (non-hydrogen) atoms. The molecule has 2 aromatic rings. The largest absolute Gasteiger partial charge is 0.497 e. The SMILES string of the molecule is COc1ccc(OC)c(-n2nnc(C(C)=O)c2C)c1. The van der Waals surface area contributed by atoms with Gasteiger partial charge in [0.1, 0.15) is 17.2 Å². The van der Waals surface area contributed by atoms with E-state index in [2.05, 4.69) is 10.3 Å². The van der Waals surface area contributed by atoms with Crippen molar-refractivity contribution in [2.75, 3.05) is 14.2 Å². The summed E-state index contributed by atoms with van der Waals surface area (Å²) in [5.74, 6) is 1.18. The summed E-state index contributed by atoms with van der Waals surface area (Å²) in [6, 6.07) is 5.35. The lowest BCUT2D eigenvalue weighted by Gasteiger charge is -2.11. The highest BCUT2D eigenvalue weighted by Gasteiger charge is 2.16. The van der Waals surface area contributed by atoms with E-state index < -0.39 is 0 Å². The first kappa shape index (κ1) is 13.1. The minimum Gasteiger partial charge on any atom is -0.497 e. The number of hydrogen-bond donors (Lipinski definition) is 0. The van der Waals surface area contributed by atoms with Crippen LogP contribution in [0.5, 0.6) is 11.5 Å². The molecule has 0 radical (unpaired) electrons. The number of hydrogen-bond acceptors (Lipinski definition) is 5. The number of rotatable bonds is 4. The number of ketones is 1. The summed E-state index contributed by atoms with van der Waals surface area (Å²) in [7, 11) is 3.16. The van der Waals surface area contributed by atoms with E-state index in [1.165, 1.54) is 6.92 Å². The topological polar surface area (TPSA) is 66.2 Å². The molecule has 0 bridgehead atoms. The van der Waals surface area contributed by atoms with Crippen LogP contribution < -0.4 is 9.47 Å². The Balaban J connectivity index is 2.60. The number of carbonyl (C=O) groups is 1. The van der Waals surface area contributed by atoms with Gasteiger partial charge >= 0.3 is 0 Å². The van der Waals surface area contributed by atoms with Crippen LogP contribution in [0.4, 0.5) is 0 Å². The van der Waals surface area contributed by atoms with Crippen LogP contribution in [-0.2, 0) is 0 Å². The normalized spacial score (nSPS) is 10.3. The second-order valence-electron chi connectivity index (χ2n) is 4.03. The maximum absolute atomic E-state index is 11.4. The molecule has 0 atom stereocenters. The van der Waals surface area contributed by atoms with Gasteiger partial charge in [-0.3, -0.25) is 4.79 Å². The molecule has 0 amide bonds. The quantitative estimate of drug-likeness (QED) is 0.785. The van der Waals surface area contributed by atoms with Gasteiger partial charge < -0.3 is 9.47 Å². The zero-order valence-corrected chi connectivity index (χ0v) is 11.3. The van der Waals surface area contributed by atoms with Crippen molar-refractivity contribution in [1.82, 2.24) is 15.0 Å². The van der Waals surface area contributed by atoms with Crippen molar-refractivity contribution >= 4 is 5.78 Å². The van der Waals surface area contributed by atoms with Gasteiger partial charge in [0.2, 0.25) is 0 Å². The van der Waals surface area contributed by atoms with Gasteiger partial charge in [0, 0.05) is 13.0 Å². The molecule has 0 saturated heterocycles. The highest BCUT2D eigenvalue weighted by molar-refractivity contribution is 5.93. The standard InChI is InChI=1S/C13H15N3O3/c1-8-13(9(2)17)14-15-16(8)11-7-10(18-3)5-6-12(11)19-4/h5-7H,1-4H3. The van der Waals surface area contributed by atoms with Crippen LogP contribution in [0.25, 0.3) is 5.69 Å². The predicted octanol–water partition coefficient (Wildman–Crippen LogP) is 1.80. The molecule has 6 nitrogen and oxygen atoms in total. The molecular formula is C13H15N3O3. The van der Waals surface area contributed by atoms with E-state index in [0.29, 0.717) is 28.6 Å². The lowest BCUT2D eigenvalue weighted by molar-refractivity contribution is 0.101. The first-order valence-electron chi connectivity index (χ1n) is 5.74. The van der Waals surface area contributed by atoms with Gasteiger partial charge in [-0.15, -0.1) is 5.10 Å². The molecule has 0 fully saturated rings. The van der Waals surface area contributed by atoms with Crippen LogP contribution in [0.15, 0.2) is 18.2 Å². The highest BCUT2D eigenvalue weighted by Crippen LogP contribution is 2.28.